The van der Waals surface area contributed by atoms with E-state index in [1.165, 1.54) is 6.07 Å². The number of para-hydroxylation sites is 1. The van der Waals surface area contributed by atoms with Gasteiger partial charge in [-0.05, 0) is 35.7 Å². The zero-order chi connectivity index (χ0) is 13.7. The summed E-state index contributed by atoms with van der Waals surface area (Å²) < 4.78 is 19.4. The lowest BCUT2D eigenvalue weighted by atomic mass is 10.1. The molecular formula is C16H18FNO. The van der Waals surface area contributed by atoms with Gasteiger partial charge in [-0.1, -0.05) is 31.2 Å². The fourth-order valence-corrected chi connectivity index (χ4v) is 1.96. The summed E-state index contributed by atoms with van der Waals surface area (Å²) in [6.45, 7) is 2.69. The smallest absolute Gasteiger partial charge is 0.129 e. The molecule has 19 heavy (non-hydrogen) atoms. The third kappa shape index (κ3) is 3.32. The number of aryl methyl sites for hydroxylation is 1. The lowest BCUT2D eigenvalue weighted by molar-refractivity contribution is 0.297. The van der Waals surface area contributed by atoms with E-state index in [9.17, 15) is 4.39 Å². The molecule has 0 aromatic heterocycles. The number of hydrogen-bond acceptors (Lipinski definition) is 2. The van der Waals surface area contributed by atoms with Crippen molar-refractivity contribution in [3.8, 4) is 5.75 Å². The molecule has 0 unspecified atom stereocenters. The maximum absolute atomic E-state index is 13.7. The fraction of sp³-hybridized carbons (Fsp3) is 0.250. The van der Waals surface area contributed by atoms with E-state index in [0.29, 0.717) is 12.1 Å². The van der Waals surface area contributed by atoms with Gasteiger partial charge >= 0.3 is 0 Å². The highest BCUT2D eigenvalue weighted by Gasteiger charge is 2.06. The molecule has 0 spiro atoms. The zero-order valence-electron chi connectivity index (χ0n) is 11.0. The minimum atomic E-state index is -0.258. The number of rotatable bonds is 5. The van der Waals surface area contributed by atoms with Crippen LogP contribution in [0.15, 0.2) is 42.5 Å². The number of halogens is 1. The van der Waals surface area contributed by atoms with E-state index in [0.717, 1.165) is 23.3 Å². The highest BCUT2D eigenvalue weighted by molar-refractivity contribution is 5.33. The van der Waals surface area contributed by atoms with Crippen LogP contribution < -0.4 is 10.5 Å². The second kappa shape index (κ2) is 6.34. The first kappa shape index (κ1) is 13.6. The monoisotopic (exact) mass is 259 g/mol. The molecule has 2 N–H and O–H groups in total. The molecule has 0 fully saturated rings. The molecule has 0 aliphatic rings. The molecule has 3 heteroatoms. The number of hydrogen-bond donors (Lipinski definition) is 1. The molecule has 0 amide bonds. The first-order valence-corrected chi connectivity index (χ1v) is 6.42. The Balaban J connectivity index is 2.14. The maximum atomic E-state index is 13.7. The average Bonchev–Trinajstić information content (AvgIpc) is 2.46. The summed E-state index contributed by atoms with van der Waals surface area (Å²) in [4.78, 5) is 0. The molecule has 0 saturated carbocycles. The summed E-state index contributed by atoms with van der Waals surface area (Å²) in [7, 11) is 0. The number of ether oxygens (including phenoxy) is 1. The summed E-state index contributed by atoms with van der Waals surface area (Å²) in [6, 6.07) is 12.7. The Bertz CT molecular complexity index is 554. The summed E-state index contributed by atoms with van der Waals surface area (Å²) in [5.41, 5.74) is 8.12. The second-order valence-electron chi connectivity index (χ2n) is 4.38. The van der Waals surface area contributed by atoms with Gasteiger partial charge in [-0.25, -0.2) is 4.39 Å². The van der Waals surface area contributed by atoms with Gasteiger partial charge in [0.2, 0.25) is 0 Å². The minimum Gasteiger partial charge on any atom is -0.489 e. The topological polar surface area (TPSA) is 35.2 Å². The van der Waals surface area contributed by atoms with Gasteiger partial charge in [-0.15, -0.1) is 0 Å². The molecule has 2 aromatic carbocycles. The lowest BCUT2D eigenvalue weighted by Gasteiger charge is -2.11. The largest absolute Gasteiger partial charge is 0.489 e. The van der Waals surface area contributed by atoms with Crippen LogP contribution in [0, 0.1) is 5.82 Å². The van der Waals surface area contributed by atoms with E-state index in [4.69, 9.17) is 10.5 Å². The highest BCUT2D eigenvalue weighted by Crippen LogP contribution is 2.20. The van der Waals surface area contributed by atoms with Gasteiger partial charge in [0.15, 0.2) is 0 Å². The summed E-state index contributed by atoms with van der Waals surface area (Å²) in [6.07, 6.45) is 0.890. The van der Waals surface area contributed by atoms with E-state index < -0.39 is 0 Å². The van der Waals surface area contributed by atoms with Crippen LogP contribution in [-0.2, 0) is 19.6 Å². The van der Waals surface area contributed by atoms with E-state index >= 15 is 0 Å². The first-order valence-electron chi connectivity index (χ1n) is 6.42. The van der Waals surface area contributed by atoms with Crippen molar-refractivity contribution in [1.82, 2.24) is 0 Å². The van der Waals surface area contributed by atoms with Crippen LogP contribution in [0.3, 0.4) is 0 Å². The Hall–Kier alpha value is -1.87. The molecule has 2 nitrogen and oxygen atoms in total. The predicted molar refractivity (Wildman–Crippen MR) is 74.4 cm³/mol. The Morgan fingerprint density at radius 1 is 1.11 bits per heavy atom. The van der Waals surface area contributed by atoms with Gasteiger partial charge in [0, 0.05) is 12.1 Å². The fourth-order valence-electron chi connectivity index (χ4n) is 1.96. The summed E-state index contributed by atoms with van der Waals surface area (Å²) in [5, 5.41) is 0. The standard InChI is InChI=1S/C16H18FNO/c1-2-13-5-3-4-6-16(13)19-11-14-9-12(10-18)7-8-15(14)17/h3-9H,2,10-11,18H2,1H3. The van der Waals surface area contributed by atoms with Gasteiger partial charge in [0.05, 0.1) is 0 Å². The zero-order valence-corrected chi connectivity index (χ0v) is 11.0. The Morgan fingerprint density at radius 2 is 1.89 bits per heavy atom. The molecule has 0 saturated heterocycles. The Labute approximate surface area is 113 Å². The van der Waals surface area contributed by atoms with E-state index in [2.05, 4.69) is 6.92 Å². The molecule has 0 radical (unpaired) electrons. The minimum absolute atomic E-state index is 0.219. The molecule has 0 atom stereocenters. The van der Waals surface area contributed by atoms with Crippen molar-refractivity contribution in [1.29, 1.82) is 0 Å². The van der Waals surface area contributed by atoms with Crippen LogP contribution in [-0.4, -0.2) is 0 Å². The van der Waals surface area contributed by atoms with Gasteiger partial charge in [0.1, 0.15) is 18.2 Å². The van der Waals surface area contributed by atoms with Gasteiger partial charge in [-0.3, -0.25) is 0 Å². The lowest BCUT2D eigenvalue weighted by Crippen LogP contribution is -2.03. The van der Waals surface area contributed by atoms with Crippen LogP contribution in [0.2, 0.25) is 0 Å². The van der Waals surface area contributed by atoms with Crippen LogP contribution in [0.1, 0.15) is 23.6 Å². The number of benzene rings is 2. The van der Waals surface area contributed by atoms with Crippen molar-refractivity contribution in [3.05, 3.63) is 65.0 Å². The normalized spacial score (nSPS) is 10.5. The van der Waals surface area contributed by atoms with Crippen molar-refractivity contribution < 1.29 is 9.13 Å². The van der Waals surface area contributed by atoms with E-state index in [1.807, 2.05) is 24.3 Å². The third-order valence-corrected chi connectivity index (χ3v) is 3.08. The molecule has 0 bridgehead atoms. The third-order valence-electron chi connectivity index (χ3n) is 3.08. The predicted octanol–water partition coefficient (Wildman–Crippen LogP) is 3.43. The van der Waals surface area contributed by atoms with E-state index in [1.54, 1.807) is 12.1 Å². The average molecular weight is 259 g/mol. The summed E-state index contributed by atoms with van der Waals surface area (Å²) >= 11 is 0. The second-order valence-corrected chi connectivity index (χ2v) is 4.38. The number of nitrogens with two attached hydrogens (primary N) is 1. The first-order chi connectivity index (χ1) is 9.24. The van der Waals surface area contributed by atoms with Gasteiger partial charge in [-0.2, -0.15) is 0 Å². The van der Waals surface area contributed by atoms with Crippen molar-refractivity contribution in [2.45, 2.75) is 26.5 Å². The van der Waals surface area contributed by atoms with Crippen molar-refractivity contribution in [2.24, 2.45) is 5.73 Å². The Morgan fingerprint density at radius 3 is 2.63 bits per heavy atom. The molecule has 0 aliphatic heterocycles. The molecule has 0 aliphatic carbocycles. The molecule has 2 rings (SSSR count). The van der Waals surface area contributed by atoms with Crippen LogP contribution in [0.4, 0.5) is 4.39 Å². The van der Waals surface area contributed by atoms with Gasteiger partial charge in [0.25, 0.3) is 0 Å². The van der Waals surface area contributed by atoms with Crippen LogP contribution in [0.25, 0.3) is 0 Å². The molecule has 2 aromatic rings. The van der Waals surface area contributed by atoms with Crippen LogP contribution in [0.5, 0.6) is 5.75 Å². The maximum Gasteiger partial charge on any atom is 0.129 e. The molecule has 100 valence electrons. The van der Waals surface area contributed by atoms with Gasteiger partial charge < -0.3 is 10.5 Å². The molecule has 0 heterocycles. The SMILES string of the molecule is CCc1ccccc1OCc1cc(CN)ccc1F. The molecular weight excluding hydrogens is 241 g/mol. The van der Waals surface area contributed by atoms with Crippen molar-refractivity contribution >= 4 is 0 Å². The Kier molecular flexibility index (Phi) is 4.53. The quantitative estimate of drug-likeness (QED) is 0.893. The highest BCUT2D eigenvalue weighted by atomic mass is 19.1. The van der Waals surface area contributed by atoms with Crippen LogP contribution >= 0.6 is 0 Å². The summed E-state index contributed by atoms with van der Waals surface area (Å²) in [5.74, 6) is 0.550. The van der Waals surface area contributed by atoms with E-state index in [-0.39, 0.29) is 12.4 Å². The van der Waals surface area contributed by atoms with Crippen molar-refractivity contribution in [3.63, 3.8) is 0 Å². The van der Waals surface area contributed by atoms with Crippen molar-refractivity contribution in [2.75, 3.05) is 0 Å².